The second-order valence-electron chi connectivity index (χ2n) is 6.47. The van der Waals surface area contributed by atoms with Gasteiger partial charge in [-0.2, -0.15) is 0 Å². The average molecular weight is 342 g/mol. The Balaban J connectivity index is 1.80. The Hall–Kier alpha value is -3.40. The first-order valence-corrected chi connectivity index (χ1v) is 8.54. The maximum atomic E-state index is 6.27. The quantitative estimate of drug-likeness (QED) is 0.462. The lowest BCUT2D eigenvalue weighted by molar-refractivity contribution is 0.380. The first-order chi connectivity index (χ1) is 12.7. The van der Waals surface area contributed by atoms with Gasteiger partial charge in [0, 0.05) is 52.6 Å². The van der Waals surface area contributed by atoms with Crippen molar-refractivity contribution < 1.29 is 9.47 Å². The molecule has 0 aliphatic heterocycles. The summed E-state index contributed by atoms with van der Waals surface area (Å²) in [5.74, 6) is 2.23. The summed E-state index contributed by atoms with van der Waals surface area (Å²) < 4.78 is 13.8. The van der Waals surface area contributed by atoms with Crippen LogP contribution in [-0.2, 0) is 7.05 Å². The molecule has 2 heterocycles. The lowest BCUT2D eigenvalue weighted by atomic mass is 10.1. The van der Waals surface area contributed by atoms with E-state index in [0.717, 1.165) is 22.2 Å². The molecule has 0 radical (unpaired) electrons. The van der Waals surface area contributed by atoms with E-state index >= 15 is 0 Å². The van der Waals surface area contributed by atoms with Gasteiger partial charge in [0.1, 0.15) is 5.75 Å². The molecular weight excluding hydrogens is 324 g/mol. The minimum absolute atomic E-state index is 0.704. The fourth-order valence-electron chi connectivity index (χ4n) is 3.66. The van der Waals surface area contributed by atoms with Gasteiger partial charge in [0.15, 0.2) is 11.5 Å². The number of methoxy groups -OCH3 is 1. The molecule has 0 fully saturated rings. The van der Waals surface area contributed by atoms with Crippen molar-refractivity contribution >= 4 is 32.6 Å². The summed E-state index contributed by atoms with van der Waals surface area (Å²) in [6, 6.07) is 18.2. The highest BCUT2D eigenvalue weighted by atomic mass is 16.5. The van der Waals surface area contributed by atoms with Crippen LogP contribution >= 0.6 is 0 Å². The van der Waals surface area contributed by atoms with Gasteiger partial charge in [0.2, 0.25) is 0 Å². The Bertz CT molecular complexity index is 1260. The highest BCUT2D eigenvalue weighted by Crippen LogP contribution is 2.41. The van der Waals surface area contributed by atoms with E-state index in [9.17, 15) is 0 Å². The predicted octanol–water partition coefficient (Wildman–Crippen LogP) is 5.61. The summed E-state index contributed by atoms with van der Waals surface area (Å²) in [5, 5.41) is 4.70. The number of para-hydroxylation sites is 3. The predicted molar refractivity (Wildman–Crippen MR) is 105 cm³/mol. The monoisotopic (exact) mass is 342 g/mol. The number of hydrogen-bond acceptors (Lipinski definition) is 2. The van der Waals surface area contributed by atoms with Crippen LogP contribution in [0.25, 0.3) is 32.6 Å². The van der Waals surface area contributed by atoms with Crippen molar-refractivity contribution in [2.45, 2.75) is 0 Å². The molecule has 4 nitrogen and oxygen atoms in total. The number of H-pyrrole nitrogens is 1. The molecule has 0 spiro atoms. The Morgan fingerprint density at radius 1 is 0.769 bits per heavy atom. The molecule has 5 rings (SSSR count). The van der Waals surface area contributed by atoms with E-state index in [0.29, 0.717) is 11.5 Å². The van der Waals surface area contributed by atoms with Gasteiger partial charge in [-0.3, -0.25) is 0 Å². The number of aromatic nitrogens is 2. The third-order valence-corrected chi connectivity index (χ3v) is 4.79. The first-order valence-electron chi connectivity index (χ1n) is 8.54. The van der Waals surface area contributed by atoms with Gasteiger partial charge in [-0.15, -0.1) is 0 Å². The molecule has 0 atom stereocenters. The summed E-state index contributed by atoms with van der Waals surface area (Å²) in [5.41, 5.74) is 2.19. The number of rotatable bonds is 3. The standard InChI is InChI=1S/C22H18N2O2/c1-24-12-15-16(13-24)22-14-7-3-4-8-17(14)23-18(22)11-21(15)26-20-10-6-5-9-19(20)25-2/h3-13,23H,1-2H3. The summed E-state index contributed by atoms with van der Waals surface area (Å²) in [6.07, 6.45) is 4.24. The number of fused-ring (bicyclic) bond motifs is 5. The second kappa shape index (κ2) is 5.56. The number of aryl methyl sites for hydroxylation is 1. The first kappa shape index (κ1) is 14.9. The van der Waals surface area contributed by atoms with E-state index in [2.05, 4.69) is 46.2 Å². The Kier molecular flexibility index (Phi) is 3.19. The van der Waals surface area contributed by atoms with Gasteiger partial charge in [0.25, 0.3) is 0 Å². The molecule has 26 heavy (non-hydrogen) atoms. The van der Waals surface area contributed by atoms with Crippen molar-refractivity contribution in [3.8, 4) is 17.2 Å². The molecule has 0 aliphatic rings. The highest BCUT2D eigenvalue weighted by Gasteiger charge is 2.15. The van der Waals surface area contributed by atoms with Crippen LogP contribution in [0.1, 0.15) is 0 Å². The van der Waals surface area contributed by atoms with Crippen molar-refractivity contribution in [1.82, 2.24) is 9.55 Å². The van der Waals surface area contributed by atoms with Crippen molar-refractivity contribution in [3.63, 3.8) is 0 Å². The minimum Gasteiger partial charge on any atom is -0.493 e. The molecular formula is C22H18N2O2. The molecule has 4 heteroatoms. The SMILES string of the molecule is COc1ccccc1Oc1cc2[nH]c3ccccc3c2c2cn(C)cc12. The molecule has 0 amide bonds. The number of benzene rings is 3. The molecule has 0 aliphatic carbocycles. The maximum absolute atomic E-state index is 6.27. The van der Waals surface area contributed by atoms with Crippen molar-refractivity contribution in [1.29, 1.82) is 0 Å². The van der Waals surface area contributed by atoms with Gasteiger partial charge in [0.05, 0.1) is 12.6 Å². The van der Waals surface area contributed by atoms with Gasteiger partial charge in [-0.05, 0) is 18.2 Å². The largest absolute Gasteiger partial charge is 0.493 e. The molecule has 2 aromatic heterocycles. The third-order valence-electron chi connectivity index (χ3n) is 4.79. The van der Waals surface area contributed by atoms with Crippen LogP contribution in [-0.4, -0.2) is 16.7 Å². The Morgan fingerprint density at radius 2 is 1.50 bits per heavy atom. The maximum Gasteiger partial charge on any atom is 0.169 e. The van der Waals surface area contributed by atoms with Crippen LogP contribution in [0.5, 0.6) is 17.2 Å². The number of nitrogens with one attached hydrogen (secondary N) is 1. The molecule has 3 aromatic carbocycles. The zero-order chi connectivity index (χ0) is 17.7. The molecule has 0 saturated heterocycles. The number of hydrogen-bond donors (Lipinski definition) is 1. The van der Waals surface area contributed by atoms with E-state index in [1.54, 1.807) is 7.11 Å². The van der Waals surface area contributed by atoms with Crippen molar-refractivity contribution in [2.75, 3.05) is 7.11 Å². The Morgan fingerprint density at radius 3 is 2.35 bits per heavy atom. The van der Waals surface area contributed by atoms with Crippen LogP contribution < -0.4 is 9.47 Å². The van der Waals surface area contributed by atoms with Crippen molar-refractivity contribution in [2.24, 2.45) is 7.05 Å². The van der Waals surface area contributed by atoms with E-state index in [1.807, 2.05) is 37.4 Å². The number of aromatic amines is 1. The van der Waals surface area contributed by atoms with E-state index in [1.165, 1.54) is 16.2 Å². The van der Waals surface area contributed by atoms with Crippen molar-refractivity contribution in [3.05, 3.63) is 67.0 Å². The van der Waals surface area contributed by atoms with E-state index in [4.69, 9.17) is 9.47 Å². The van der Waals surface area contributed by atoms with Gasteiger partial charge in [-0.1, -0.05) is 30.3 Å². The normalized spacial score (nSPS) is 11.5. The summed E-state index contributed by atoms with van der Waals surface area (Å²) in [4.78, 5) is 3.51. The fraction of sp³-hybridized carbons (Fsp3) is 0.0909. The third kappa shape index (κ3) is 2.15. The van der Waals surface area contributed by atoms with Crippen LogP contribution in [0.4, 0.5) is 0 Å². The molecule has 1 N–H and O–H groups in total. The van der Waals surface area contributed by atoms with Crippen LogP contribution in [0.3, 0.4) is 0 Å². The van der Waals surface area contributed by atoms with Gasteiger partial charge >= 0.3 is 0 Å². The number of ether oxygens (including phenoxy) is 2. The topological polar surface area (TPSA) is 39.2 Å². The molecule has 0 bridgehead atoms. The molecule has 5 aromatic rings. The summed E-state index contributed by atoms with van der Waals surface area (Å²) in [6.45, 7) is 0. The van der Waals surface area contributed by atoms with Gasteiger partial charge in [-0.25, -0.2) is 0 Å². The molecule has 0 unspecified atom stereocenters. The minimum atomic E-state index is 0.704. The number of nitrogens with zero attached hydrogens (tertiary/aromatic N) is 1. The van der Waals surface area contributed by atoms with Crippen LogP contribution in [0, 0.1) is 0 Å². The smallest absolute Gasteiger partial charge is 0.169 e. The highest BCUT2D eigenvalue weighted by molar-refractivity contribution is 6.21. The van der Waals surface area contributed by atoms with Gasteiger partial charge < -0.3 is 19.0 Å². The Labute approximate surface area is 150 Å². The van der Waals surface area contributed by atoms with Crippen LogP contribution in [0.2, 0.25) is 0 Å². The lowest BCUT2D eigenvalue weighted by Gasteiger charge is -2.11. The zero-order valence-corrected chi connectivity index (χ0v) is 14.6. The van der Waals surface area contributed by atoms with E-state index in [-0.39, 0.29) is 0 Å². The second-order valence-corrected chi connectivity index (χ2v) is 6.47. The van der Waals surface area contributed by atoms with Crippen LogP contribution in [0.15, 0.2) is 67.0 Å². The van der Waals surface area contributed by atoms with E-state index < -0.39 is 0 Å². The lowest BCUT2D eigenvalue weighted by Crippen LogP contribution is -1.90. The molecule has 128 valence electrons. The molecule has 0 saturated carbocycles. The zero-order valence-electron chi connectivity index (χ0n) is 14.6. The average Bonchev–Trinajstić information content (AvgIpc) is 3.21. The summed E-state index contributed by atoms with van der Waals surface area (Å²) >= 11 is 0. The summed E-state index contributed by atoms with van der Waals surface area (Å²) in [7, 11) is 3.69. The fourth-order valence-corrected chi connectivity index (χ4v) is 3.66.